The first-order chi connectivity index (χ1) is 5.06. The molecular weight excluding hydrogens is 136 g/mol. The Bertz CT molecular complexity index is 162. The maximum absolute atomic E-state index is 6.35. The van der Waals surface area contributed by atoms with Crippen molar-refractivity contribution < 1.29 is 0 Å². The van der Waals surface area contributed by atoms with Crippen LogP contribution in [-0.2, 0) is 0 Å². The van der Waals surface area contributed by atoms with Gasteiger partial charge in [0.2, 0.25) is 0 Å². The molecule has 2 N–H and O–H groups in total. The van der Waals surface area contributed by atoms with E-state index in [0.717, 1.165) is 6.54 Å². The van der Waals surface area contributed by atoms with Crippen molar-refractivity contribution in [3.63, 3.8) is 0 Å². The summed E-state index contributed by atoms with van der Waals surface area (Å²) in [6, 6.07) is 0. The van der Waals surface area contributed by atoms with Gasteiger partial charge < -0.3 is 10.6 Å². The molecule has 0 radical (unpaired) electrons. The van der Waals surface area contributed by atoms with E-state index in [2.05, 4.69) is 18.9 Å². The predicted molar refractivity (Wildman–Crippen MR) is 46.4 cm³/mol. The zero-order valence-corrected chi connectivity index (χ0v) is 7.56. The fraction of sp³-hybridized carbons (Fsp3) is 1.00. The van der Waals surface area contributed by atoms with E-state index in [1.807, 2.05) is 0 Å². The topological polar surface area (TPSA) is 29.3 Å². The van der Waals surface area contributed by atoms with Gasteiger partial charge in [-0.1, -0.05) is 13.3 Å². The summed E-state index contributed by atoms with van der Waals surface area (Å²) < 4.78 is 0. The second-order valence-electron chi connectivity index (χ2n) is 4.74. The molecule has 1 aliphatic heterocycles. The molecule has 0 amide bonds. The number of likely N-dealkylation sites (N-methyl/N-ethyl adjacent to an activating group) is 1. The lowest BCUT2D eigenvalue weighted by Gasteiger charge is -2.32. The van der Waals surface area contributed by atoms with Crippen LogP contribution in [0.4, 0.5) is 0 Å². The molecule has 2 atom stereocenters. The summed E-state index contributed by atoms with van der Waals surface area (Å²) >= 11 is 0. The highest BCUT2D eigenvalue weighted by molar-refractivity contribution is 5.11. The van der Waals surface area contributed by atoms with Gasteiger partial charge in [0.1, 0.15) is 0 Å². The lowest BCUT2D eigenvalue weighted by molar-refractivity contribution is 0.252. The number of hydrogen-bond acceptors (Lipinski definition) is 2. The summed E-state index contributed by atoms with van der Waals surface area (Å²) in [6.07, 6.45) is 3.89. The first-order valence-corrected chi connectivity index (χ1v) is 4.53. The van der Waals surface area contributed by atoms with Crippen molar-refractivity contribution in [1.82, 2.24) is 4.90 Å². The van der Waals surface area contributed by atoms with Crippen molar-refractivity contribution in [3.05, 3.63) is 0 Å². The smallest absolute Gasteiger partial charge is 0.0350 e. The van der Waals surface area contributed by atoms with Gasteiger partial charge >= 0.3 is 0 Å². The van der Waals surface area contributed by atoms with Gasteiger partial charge in [0.05, 0.1) is 0 Å². The van der Waals surface area contributed by atoms with Crippen molar-refractivity contribution in [1.29, 1.82) is 0 Å². The van der Waals surface area contributed by atoms with Crippen LogP contribution in [0.2, 0.25) is 0 Å². The number of likely N-dealkylation sites (tertiary alicyclic amines) is 1. The average molecular weight is 154 g/mol. The Hall–Kier alpha value is -0.0800. The quantitative estimate of drug-likeness (QED) is 0.559. The standard InChI is InChI=1S/C9H18N2/c1-8-4-3-5-9(8,10)7-11(2)6-8/h3-7,10H2,1-2H3/t8-,9-/m1/s1. The van der Waals surface area contributed by atoms with Crippen molar-refractivity contribution in [3.8, 4) is 0 Å². The zero-order chi connectivity index (χ0) is 8.11. The third kappa shape index (κ3) is 0.859. The number of rotatable bonds is 0. The van der Waals surface area contributed by atoms with Crippen LogP contribution in [0.25, 0.3) is 0 Å². The summed E-state index contributed by atoms with van der Waals surface area (Å²) in [5, 5.41) is 0. The maximum Gasteiger partial charge on any atom is 0.0350 e. The van der Waals surface area contributed by atoms with Gasteiger partial charge in [-0.25, -0.2) is 0 Å². The highest BCUT2D eigenvalue weighted by Gasteiger charge is 2.54. The van der Waals surface area contributed by atoms with Crippen molar-refractivity contribution in [2.75, 3.05) is 20.1 Å². The Kier molecular flexibility index (Phi) is 1.37. The lowest BCUT2D eigenvalue weighted by Crippen LogP contribution is -2.49. The minimum atomic E-state index is 0.141. The summed E-state index contributed by atoms with van der Waals surface area (Å²) in [6.45, 7) is 4.65. The Morgan fingerprint density at radius 3 is 2.64 bits per heavy atom. The summed E-state index contributed by atoms with van der Waals surface area (Å²) in [5.74, 6) is 0. The molecule has 2 fully saturated rings. The second-order valence-corrected chi connectivity index (χ2v) is 4.74. The highest BCUT2D eigenvalue weighted by atomic mass is 15.2. The molecule has 0 aromatic rings. The lowest BCUT2D eigenvalue weighted by atomic mass is 9.77. The third-order valence-electron chi connectivity index (χ3n) is 3.72. The SMILES string of the molecule is CN1C[C@@]2(C)CCC[C@@]2(N)C1. The molecule has 0 unspecified atom stereocenters. The minimum absolute atomic E-state index is 0.141. The maximum atomic E-state index is 6.35. The second kappa shape index (κ2) is 1.99. The van der Waals surface area contributed by atoms with E-state index >= 15 is 0 Å². The number of nitrogens with zero attached hydrogens (tertiary/aromatic N) is 1. The molecule has 0 spiro atoms. The van der Waals surface area contributed by atoms with Crippen LogP contribution in [0.5, 0.6) is 0 Å². The molecule has 1 saturated carbocycles. The third-order valence-corrected chi connectivity index (χ3v) is 3.72. The molecule has 1 aliphatic carbocycles. The van der Waals surface area contributed by atoms with Crippen LogP contribution in [-0.4, -0.2) is 30.6 Å². The first-order valence-electron chi connectivity index (χ1n) is 4.53. The van der Waals surface area contributed by atoms with Gasteiger partial charge in [0, 0.05) is 18.6 Å². The average Bonchev–Trinajstić information content (AvgIpc) is 2.16. The van der Waals surface area contributed by atoms with E-state index in [4.69, 9.17) is 5.73 Å². The van der Waals surface area contributed by atoms with Gasteiger partial charge in [-0.3, -0.25) is 0 Å². The van der Waals surface area contributed by atoms with Crippen LogP contribution in [0, 0.1) is 5.41 Å². The fourth-order valence-corrected chi connectivity index (χ4v) is 2.98. The van der Waals surface area contributed by atoms with E-state index in [0.29, 0.717) is 5.41 Å². The molecule has 11 heavy (non-hydrogen) atoms. The molecule has 2 heteroatoms. The fourth-order valence-electron chi connectivity index (χ4n) is 2.98. The Labute approximate surface area is 68.7 Å². The van der Waals surface area contributed by atoms with Crippen LogP contribution in [0.1, 0.15) is 26.2 Å². The van der Waals surface area contributed by atoms with E-state index in [9.17, 15) is 0 Å². The van der Waals surface area contributed by atoms with Gasteiger partial charge in [0.25, 0.3) is 0 Å². The summed E-state index contributed by atoms with van der Waals surface area (Å²) in [4.78, 5) is 2.37. The van der Waals surface area contributed by atoms with Crippen LogP contribution < -0.4 is 5.73 Å². The number of hydrogen-bond donors (Lipinski definition) is 1. The summed E-state index contributed by atoms with van der Waals surface area (Å²) in [7, 11) is 2.18. The monoisotopic (exact) mass is 154 g/mol. The number of fused-ring (bicyclic) bond motifs is 1. The van der Waals surface area contributed by atoms with Crippen molar-refractivity contribution in [2.45, 2.75) is 31.7 Å². The molecule has 64 valence electrons. The molecule has 2 aliphatic rings. The molecule has 2 rings (SSSR count). The van der Waals surface area contributed by atoms with Crippen molar-refractivity contribution >= 4 is 0 Å². The molecule has 0 aromatic carbocycles. The molecule has 1 heterocycles. The van der Waals surface area contributed by atoms with Crippen molar-refractivity contribution in [2.24, 2.45) is 11.1 Å². The molecule has 1 saturated heterocycles. The normalized spacial score (nSPS) is 51.5. The van der Waals surface area contributed by atoms with Crippen LogP contribution in [0.3, 0.4) is 0 Å². The molecule has 0 aromatic heterocycles. The predicted octanol–water partition coefficient (Wildman–Crippen LogP) is 0.820. The largest absolute Gasteiger partial charge is 0.324 e. The van der Waals surface area contributed by atoms with Gasteiger partial charge in [-0.2, -0.15) is 0 Å². The highest BCUT2D eigenvalue weighted by Crippen LogP contribution is 2.49. The van der Waals surface area contributed by atoms with Gasteiger partial charge in [0.15, 0.2) is 0 Å². The minimum Gasteiger partial charge on any atom is -0.324 e. The van der Waals surface area contributed by atoms with Gasteiger partial charge in [-0.05, 0) is 25.3 Å². The van der Waals surface area contributed by atoms with E-state index in [1.165, 1.54) is 25.8 Å². The Morgan fingerprint density at radius 2 is 2.00 bits per heavy atom. The van der Waals surface area contributed by atoms with E-state index in [1.54, 1.807) is 0 Å². The first kappa shape index (κ1) is 7.56. The Balaban J connectivity index is 2.28. The number of nitrogens with two attached hydrogens (primary N) is 1. The molecular formula is C9H18N2. The zero-order valence-electron chi connectivity index (χ0n) is 7.56. The van der Waals surface area contributed by atoms with Crippen LogP contribution in [0.15, 0.2) is 0 Å². The van der Waals surface area contributed by atoms with Gasteiger partial charge in [-0.15, -0.1) is 0 Å². The van der Waals surface area contributed by atoms with Crippen LogP contribution >= 0.6 is 0 Å². The van der Waals surface area contributed by atoms with E-state index < -0.39 is 0 Å². The van der Waals surface area contributed by atoms with E-state index in [-0.39, 0.29) is 5.54 Å². The summed E-state index contributed by atoms with van der Waals surface area (Å²) in [5.41, 5.74) is 6.91. The molecule has 0 bridgehead atoms. The Morgan fingerprint density at radius 1 is 1.27 bits per heavy atom. The molecule has 2 nitrogen and oxygen atoms in total.